The first-order valence-corrected chi connectivity index (χ1v) is 7.12. The molecular weight excluding hydrogens is 274 g/mol. The Bertz CT molecular complexity index is 825. The van der Waals surface area contributed by atoms with Crippen molar-refractivity contribution in [2.24, 2.45) is 0 Å². The minimum atomic E-state index is -0.0729. The van der Waals surface area contributed by atoms with Gasteiger partial charge in [0.1, 0.15) is 0 Å². The molecule has 0 bridgehead atoms. The van der Waals surface area contributed by atoms with Gasteiger partial charge in [0.15, 0.2) is 0 Å². The Morgan fingerprint density at radius 1 is 1.00 bits per heavy atom. The second-order valence-corrected chi connectivity index (χ2v) is 5.26. The molecule has 4 heteroatoms. The van der Waals surface area contributed by atoms with Crippen LogP contribution in [0.25, 0.3) is 10.9 Å². The van der Waals surface area contributed by atoms with Crippen molar-refractivity contribution in [1.82, 2.24) is 4.98 Å². The van der Waals surface area contributed by atoms with Crippen LogP contribution in [0, 0.1) is 6.92 Å². The highest BCUT2D eigenvalue weighted by Crippen LogP contribution is 2.26. The third-order valence-electron chi connectivity index (χ3n) is 3.38. The van der Waals surface area contributed by atoms with Crippen molar-refractivity contribution in [2.75, 3.05) is 10.6 Å². The van der Waals surface area contributed by atoms with E-state index >= 15 is 0 Å². The number of carbonyl (C=O) groups is 1. The maximum atomic E-state index is 11.0. The van der Waals surface area contributed by atoms with Gasteiger partial charge in [0, 0.05) is 35.6 Å². The lowest BCUT2D eigenvalue weighted by molar-refractivity contribution is -0.114. The molecule has 0 fully saturated rings. The van der Waals surface area contributed by atoms with Crippen LogP contribution in [0.1, 0.15) is 12.5 Å². The zero-order chi connectivity index (χ0) is 15.5. The summed E-state index contributed by atoms with van der Waals surface area (Å²) in [6.45, 7) is 3.57. The molecule has 0 saturated heterocycles. The number of aromatic nitrogens is 1. The first-order chi connectivity index (χ1) is 10.6. The van der Waals surface area contributed by atoms with Gasteiger partial charge in [-0.25, -0.2) is 0 Å². The largest absolute Gasteiger partial charge is 0.355 e. The average Bonchev–Trinajstić information content (AvgIpc) is 2.49. The summed E-state index contributed by atoms with van der Waals surface area (Å²) in [6.07, 6.45) is 1.80. The molecular formula is C18H17N3O. The number of nitrogens with one attached hydrogen (secondary N) is 2. The number of nitrogens with zero attached hydrogens (tertiary/aromatic N) is 1. The van der Waals surface area contributed by atoms with E-state index in [1.165, 1.54) is 12.5 Å². The zero-order valence-corrected chi connectivity index (χ0v) is 12.6. The van der Waals surface area contributed by atoms with Crippen LogP contribution in [0.15, 0.2) is 54.7 Å². The van der Waals surface area contributed by atoms with Crippen molar-refractivity contribution in [2.45, 2.75) is 13.8 Å². The minimum absolute atomic E-state index is 0.0729. The van der Waals surface area contributed by atoms with Crippen LogP contribution in [-0.2, 0) is 4.79 Å². The Morgan fingerprint density at radius 3 is 2.45 bits per heavy atom. The van der Waals surface area contributed by atoms with E-state index in [1.54, 1.807) is 6.20 Å². The summed E-state index contributed by atoms with van der Waals surface area (Å²) >= 11 is 0. The van der Waals surface area contributed by atoms with Crippen molar-refractivity contribution in [3.8, 4) is 0 Å². The topological polar surface area (TPSA) is 54.0 Å². The van der Waals surface area contributed by atoms with Gasteiger partial charge in [-0.15, -0.1) is 0 Å². The average molecular weight is 291 g/mol. The Morgan fingerprint density at radius 2 is 1.73 bits per heavy atom. The Balaban J connectivity index is 1.89. The Hall–Kier alpha value is -2.88. The van der Waals surface area contributed by atoms with E-state index in [4.69, 9.17) is 0 Å². The van der Waals surface area contributed by atoms with Gasteiger partial charge in [-0.3, -0.25) is 9.78 Å². The number of hydrogen-bond donors (Lipinski definition) is 2. The maximum absolute atomic E-state index is 11.0. The first kappa shape index (κ1) is 14.1. The van der Waals surface area contributed by atoms with Gasteiger partial charge in [0.25, 0.3) is 0 Å². The van der Waals surface area contributed by atoms with Gasteiger partial charge in [-0.05, 0) is 49.4 Å². The van der Waals surface area contributed by atoms with Crippen LogP contribution in [0.4, 0.5) is 17.1 Å². The van der Waals surface area contributed by atoms with Crippen molar-refractivity contribution in [3.63, 3.8) is 0 Å². The normalized spacial score (nSPS) is 10.5. The fraction of sp³-hybridized carbons (Fsp3) is 0.111. The van der Waals surface area contributed by atoms with Crippen LogP contribution < -0.4 is 10.6 Å². The van der Waals surface area contributed by atoms with Gasteiger partial charge < -0.3 is 10.6 Å². The summed E-state index contributed by atoms with van der Waals surface area (Å²) in [5.74, 6) is -0.0729. The highest BCUT2D eigenvalue weighted by molar-refractivity contribution is 5.93. The minimum Gasteiger partial charge on any atom is -0.355 e. The van der Waals surface area contributed by atoms with Gasteiger partial charge in [-0.2, -0.15) is 0 Å². The van der Waals surface area contributed by atoms with E-state index in [-0.39, 0.29) is 5.91 Å². The molecule has 0 radical (unpaired) electrons. The third-order valence-corrected chi connectivity index (χ3v) is 3.38. The number of pyridine rings is 1. The third kappa shape index (κ3) is 3.06. The van der Waals surface area contributed by atoms with E-state index in [9.17, 15) is 4.79 Å². The second-order valence-electron chi connectivity index (χ2n) is 5.26. The van der Waals surface area contributed by atoms with Gasteiger partial charge in [0.05, 0.1) is 5.52 Å². The molecule has 1 aromatic heterocycles. The molecule has 0 saturated carbocycles. The molecule has 3 aromatic rings. The highest BCUT2D eigenvalue weighted by Gasteiger charge is 2.03. The van der Waals surface area contributed by atoms with E-state index in [1.807, 2.05) is 36.4 Å². The fourth-order valence-electron chi connectivity index (χ4n) is 2.36. The van der Waals surface area contributed by atoms with Crippen molar-refractivity contribution < 1.29 is 4.79 Å². The number of benzene rings is 2. The van der Waals surface area contributed by atoms with Gasteiger partial charge in [0.2, 0.25) is 5.91 Å². The number of carbonyl (C=O) groups excluding carboxylic acids is 1. The van der Waals surface area contributed by atoms with E-state index in [0.717, 1.165) is 28.0 Å². The molecule has 0 aliphatic carbocycles. The molecule has 0 spiro atoms. The summed E-state index contributed by atoms with van der Waals surface area (Å²) in [7, 11) is 0. The Labute approximate surface area is 129 Å². The number of fused-ring (bicyclic) bond motifs is 1. The van der Waals surface area contributed by atoms with Crippen LogP contribution in [0.2, 0.25) is 0 Å². The molecule has 0 aliphatic heterocycles. The molecule has 2 aromatic carbocycles. The molecule has 0 unspecified atom stereocenters. The molecule has 0 aliphatic rings. The number of aryl methyl sites for hydroxylation is 1. The Kier molecular flexibility index (Phi) is 3.74. The standard InChI is InChI=1S/C18H17N3O/c1-12-3-8-17-16(11-12)18(9-10-19-17)21-15-6-4-14(5-7-15)20-13(2)22/h3-11H,1-2H3,(H,19,21)(H,20,22). The van der Waals surface area contributed by atoms with E-state index in [0.29, 0.717) is 0 Å². The summed E-state index contributed by atoms with van der Waals surface area (Å²) in [6, 6.07) is 15.8. The predicted octanol–water partition coefficient (Wildman–Crippen LogP) is 4.25. The van der Waals surface area contributed by atoms with Crippen molar-refractivity contribution in [3.05, 3.63) is 60.3 Å². The number of amides is 1. The lowest BCUT2D eigenvalue weighted by Gasteiger charge is -2.11. The SMILES string of the molecule is CC(=O)Nc1ccc(Nc2ccnc3ccc(C)cc23)cc1. The quantitative estimate of drug-likeness (QED) is 0.758. The summed E-state index contributed by atoms with van der Waals surface area (Å²) < 4.78 is 0. The van der Waals surface area contributed by atoms with Crippen LogP contribution in [0.5, 0.6) is 0 Å². The van der Waals surface area contributed by atoms with Crippen LogP contribution >= 0.6 is 0 Å². The van der Waals surface area contributed by atoms with Crippen LogP contribution in [-0.4, -0.2) is 10.9 Å². The lowest BCUT2D eigenvalue weighted by Crippen LogP contribution is -2.05. The molecule has 1 heterocycles. The maximum Gasteiger partial charge on any atom is 0.221 e. The summed E-state index contributed by atoms with van der Waals surface area (Å²) in [5, 5.41) is 7.25. The molecule has 1 amide bonds. The molecule has 3 rings (SSSR count). The van der Waals surface area contributed by atoms with E-state index < -0.39 is 0 Å². The number of rotatable bonds is 3. The zero-order valence-electron chi connectivity index (χ0n) is 12.6. The molecule has 0 atom stereocenters. The smallest absolute Gasteiger partial charge is 0.221 e. The summed E-state index contributed by atoms with van der Waals surface area (Å²) in [5.41, 5.74) is 4.92. The predicted molar refractivity (Wildman–Crippen MR) is 90.5 cm³/mol. The lowest BCUT2D eigenvalue weighted by atomic mass is 10.1. The van der Waals surface area contributed by atoms with E-state index in [2.05, 4.69) is 34.7 Å². The first-order valence-electron chi connectivity index (χ1n) is 7.12. The van der Waals surface area contributed by atoms with Gasteiger partial charge >= 0.3 is 0 Å². The van der Waals surface area contributed by atoms with Crippen LogP contribution in [0.3, 0.4) is 0 Å². The van der Waals surface area contributed by atoms with Crippen molar-refractivity contribution >= 4 is 33.9 Å². The van der Waals surface area contributed by atoms with Gasteiger partial charge in [-0.1, -0.05) is 11.6 Å². The molecule has 2 N–H and O–H groups in total. The molecule has 4 nitrogen and oxygen atoms in total. The molecule has 22 heavy (non-hydrogen) atoms. The fourth-order valence-corrected chi connectivity index (χ4v) is 2.36. The molecule has 110 valence electrons. The number of hydrogen-bond acceptors (Lipinski definition) is 3. The highest BCUT2D eigenvalue weighted by atomic mass is 16.1. The monoisotopic (exact) mass is 291 g/mol. The second kappa shape index (κ2) is 5.85. The van der Waals surface area contributed by atoms with Crippen molar-refractivity contribution in [1.29, 1.82) is 0 Å². The number of anilines is 3. The summed E-state index contributed by atoms with van der Waals surface area (Å²) in [4.78, 5) is 15.4.